The number of aliphatic imine (C=N–C) groups is 1. The Morgan fingerprint density at radius 3 is 2.25 bits per heavy atom. The highest BCUT2D eigenvalue weighted by Gasteiger charge is 2.97. The van der Waals surface area contributed by atoms with E-state index in [9.17, 15) is 15.3 Å². The van der Waals surface area contributed by atoms with Gasteiger partial charge in [-0.15, -0.1) is 11.3 Å². The van der Waals surface area contributed by atoms with E-state index in [2.05, 4.69) is 15.3 Å². The Morgan fingerprint density at radius 1 is 1.21 bits per heavy atom. The molecule has 144 valence electrons. The third-order valence-corrected chi connectivity index (χ3v) is 5.54. The van der Waals surface area contributed by atoms with Crippen molar-refractivity contribution < 1.29 is 14.5 Å². The molecule has 0 amide bonds. The number of hydrogen-bond acceptors (Lipinski definition) is 10. The minimum Gasteiger partial charge on any atom is -0.386 e. The van der Waals surface area contributed by atoms with Crippen molar-refractivity contribution in [3.63, 3.8) is 0 Å². The summed E-state index contributed by atoms with van der Waals surface area (Å²) < 4.78 is 0. The summed E-state index contributed by atoms with van der Waals surface area (Å²) in [6.45, 7) is 6.67. The highest BCUT2D eigenvalue weighted by Crippen LogP contribution is 2.78. The number of amidine groups is 1. The van der Waals surface area contributed by atoms with Crippen molar-refractivity contribution in [3.05, 3.63) is 22.4 Å². The Balaban J connectivity index is 2.20. The lowest BCUT2D eigenvalue weighted by Gasteiger charge is -2.27. The standard InChI is InChI=1S/C18H18N6O3S/c1-10(2)23-26-18(27-24-11(3)4)17(9-20)14(13(25)12-6-5-7-28-12)16(17,8-19)15(21)22-18/h5-7,14H,1-4H3,(H2,21,22)/t14-,16+,17-/m1/s1. The zero-order valence-electron chi connectivity index (χ0n) is 15.8. The molecular weight excluding hydrogens is 380 g/mol. The number of carbonyl (C=O) groups is 1. The fourth-order valence-electron chi connectivity index (χ4n) is 3.49. The summed E-state index contributed by atoms with van der Waals surface area (Å²) in [5.41, 5.74) is 3.59. The van der Waals surface area contributed by atoms with E-state index in [4.69, 9.17) is 15.4 Å². The largest absolute Gasteiger partial charge is 0.421 e. The lowest BCUT2D eigenvalue weighted by molar-refractivity contribution is -0.262. The van der Waals surface area contributed by atoms with E-state index in [0.29, 0.717) is 16.3 Å². The van der Waals surface area contributed by atoms with Crippen LogP contribution in [-0.4, -0.2) is 29.0 Å². The van der Waals surface area contributed by atoms with Crippen LogP contribution in [0.4, 0.5) is 0 Å². The summed E-state index contributed by atoms with van der Waals surface area (Å²) in [5, 5.41) is 29.6. The number of nitrogens with zero attached hydrogens (tertiary/aromatic N) is 5. The van der Waals surface area contributed by atoms with Crippen molar-refractivity contribution in [2.45, 2.75) is 33.6 Å². The molecule has 3 atom stereocenters. The van der Waals surface area contributed by atoms with Gasteiger partial charge in [0.1, 0.15) is 5.84 Å². The maximum absolute atomic E-state index is 13.1. The summed E-state index contributed by atoms with van der Waals surface area (Å²) >= 11 is 1.21. The van der Waals surface area contributed by atoms with Crippen LogP contribution in [0.25, 0.3) is 0 Å². The first-order valence-corrected chi connectivity index (χ1v) is 9.25. The molecule has 1 saturated carbocycles. The van der Waals surface area contributed by atoms with Gasteiger partial charge < -0.3 is 15.4 Å². The van der Waals surface area contributed by atoms with Crippen LogP contribution < -0.4 is 5.73 Å². The molecule has 0 spiro atoms. The third-order valence-electron chi connectivity index (χ3n) is 4.66. The molecule has 0 bridgehead atoms. The van der Waals surface area contributed by atoms with E-state index in [-0.39, 0.29) is 5.84 Å². The molecule has 2 N–H and O–H groups in total. The number of ketones is 1. The first kappa shape index (κ1) is 19.5. The number of thiophene rings is 1. The fourth-order valence-corrected chi connectivity index (χ4v) is 4.18. The number of nitrogens with two attached hydrogens (primary N) is 1. The van der Waals surface area contributed by atoms with Gasteiger partial charge in [-0.3, -0.25) is 4.79 Å². The van der Waals surface area contributed by atoms with Crippen LogP contribution in [0, 0.1) is 39.4 Å². The number of rotatable bonds is 6. The molecule has 2 aliphatic rings. The first-order valence-electron chi connectivity index (χ1n) is 8.37. The number of hydrogen-bond donors (Lipinski definition) is 1. The Bertz CT molecular complexity index is 972. The summed E-state index contributed by atoms with van der Waals surface area (Å²) in [6.07, 6.45) is 0. The minimum atomic E-state index is -2.15. The lowest BCUT2D eigenvalue weighted by atomic mass is 9.94. The average molecular weight is 398 g/mol. The predicted octanol–water partition coefficient (Wildman–Crippen LogP) is 2.43. The highest BCUT2D eigenvalue weighted by molar-refractivity contribution is 7.12. The topological polar surface area (TPSA) is 146 Å². The first-order chi connectivity index (χ1) is 13.2. The van der Waals surface area contributed by atoms with Gasteiger partial charge in [0.15, 0.2) is 11.2 Å². The van der Waals surface area contributed by atoms with Crippen molar-refractivity contribution >= 4 is 34.4 Å². The molecule has 3 rings (SSSR count). The molecule has 1 aliphatic heterocycles. The van der Waals surface area contributed by atoms with E-state index in [0.717, 1.165) is 0 Å². The van der Waals surface area contributed by atoms with E-state index < -0.39 is 28.4 Å². The Morgan fingerprint density at radius 2 is 1.82 bits per heavy atom. The van der Waals surface area contributed by atoms with Gasteiger partial charge in [0.2, 0.25) is 5.41 Å². The second-order valence-corrected chi connectivity index (χ2v) is 7.90. The van der Waals surface area contributed by atoms with Crippen LogP contribution in [0.3, 0.4) is 0 Å². The SMILES string of the molecule is CC(C)=NOC1(ON=C(C)C)N=C(N)[C@]2(C#N)[C@@H](C(=O)c3cccs3)[C@@]12C#N. The Kier molecular flexibility index (Phi) is 4.48. The molecule has 10 heteroatoms. The van der Waals surface area contributed by atoms with Crippen molar-refractivity contribution in [2.75, 3.05) is 0 Å². The van der Waals surface area contributed by atoms with Gasteiger partial charge in [-0.05, 0) is 39.1 Å². The minimum absolute atomic E-state index is 0.209. The zero-order chi connectivity index (χ0) is 20.7. The fraction of sp³-hybridized carbons (Fsp3) is 0.444. The van der Waals surface area contributed by atoms with Gasteiger partial charge in [-0.1, -0.05) is 16.4 Å². The van der Waals surface area contributed by atoms with Crippen LogP contribution in [0.2, 0.25) is 0 Å². The molecule has 9 nitrogen and oxygen atoms in total. The molecule has 2 heterocycles. The number of carbonyl (C=O) groups excluding carboxylic acids is 1. The summed E-state index contributed by atoms with van der Waals surface area (Å²) in [4.78, 5) is 28.7. The Hall–Kier alpha value is -3.24. The van der Waals surface area contributed by atoms with Crippen molar-refractivity contribution in [3.8, 4) is 12.1 Å². The van der Waals surface area contributed by atoms with E-state index in [1.807, 2.05) is 12.1 Å². The quantitative estimate of drug-likeness (QED) is 0.337. The predicted molar refractivity (Wildman–Crippen MR) is 102 cm³/mol. The maximum atomic E-state index is 13.1. The second-order valence-electron chi connectivity index (χ2n) is 6.95. The van der Waals surface area contributed by atoms with E-state index >= 15 is 0 Å². The van der Waals surface area contributed by atoms with Gasteiger partial charge in [0.05, 0.1) is 34.4 Å². The molecule has 0 saturated heterocycles. The Labute approximate surface area is 165 Å². The number of nitriles is 2. The summed E-state index contributed by atoms with van der Waals surface area (Å²) in [7, 11) is 0. The number of fused-ring (bicyclic) bond motifs is 1. The zero-order valence-corrected chi connectivity index (χ0v) is 16.6. The molecule has 1 aromatic rings. The van der Waals surface area contributed by atoms with Gasteiger partial charge >= 0.3 is 5.91 Å². The monoisotopic (exact) mass is 398 g/mol. The van der Waals surface area contributed by atoms with Crippen LogP contribution in [0.15, 0.2) is 32.8 Å². The molecular formula is C18H18N6O3S. The smallest absolute Gasteiger partial charge is 0.386 e. The van der Waals surface area contributed by atoms with Crippen molar-refractivity contribution in [2.24, 2.45) is 37.8 Å². The van der Waals surface area contributed by atoms with Crippen LogP contribution in [0.5, 0.6) is 0 Å². The molecule has 0 radical (unpaired) electrons. The normalized spacial score (nSPS) is 28.6. The van der Waals surface area contributed by atoms with Crippen LogP contribution in [0.1, 0.15) is 37.4 Å². The number of Topliss-reactive ketones (excluding diaryl/α,β-unsaturated/α-hetero) is 1. The lowest BCUT2D eigenvalue weighted by Crippen LogP contribution is -2.42. The second kappa shape index (κ2) is 6.43. The highest BCUT2D eigenvalue weighted by atomic mass is 32.1. The molecule has 1 fully saturated rings. The molecule has 0 aromatic carbocycles. The van der Waals surface area contributed by atoms with Crippen LogP contribution >= 0.6 is 11.3 Å². The van der Waals surface area contributed by atoms with E-state index in [1.54, 1.807) is 45.2 Å². The van der Waals surface area contributed by atoms with E-state index in [1.165, 1.54) is 11.3 Å². The molecule has 0 unspecified atom stereocenters. The van der Waals surface area contributed by atoms with Crippen molar-refractivity contribution in [1.82, 2.24) is 0 Å². The molecule has 1 aliphatic carbocycles. The molecule has 1 aromatic heterocycles. The van der Waals surface area contributed by atoms with Gasteiger partial charge in [0, 0.05) is 0 Å². The average Bonchev–Trinajstić information content (AvgIpc) is 2.93. The van der Waals surface area contributed by atoms with Gasteiger partial charge in [0.25, 0.3) is 0 Å². The molecule has 28 heavy (non-hydrogen) atoms. The van der Waals surface area contributed by atoms with Crippen LogP contribution in [-0.2, 0) is 9.68 Å². The third kappa shape index (κ3) is 2.28. The van der Waals surface area contributed by atoms with Gasteiger partial charge in [-0.25, -0.2) is 0 Å². The number of oxime groups is 2. The summed E-state index contributed by atoms with van der Waals surface area (Å²) in [5.74, 6) is -3.87. The van der Waals surface area contributed by atoms with Crippen molar-refractivity contribution in [1.29, 1.82) is 10.5 Å². The summed E-state index contributed by atoms with van der Waals surface area (Å²) in [6, 6.07) is 7.40. The maximum Gasteiger partial charge on any atom is 0.421 e. The van der Waals surface area contributed by atoms with Gasteiger partial charge in [-0.2, -0.15) is 15.5 Å².